The van der Waals surface area contributed by atoms with Crippen LogP contribution >= 0.6 is 11.8 Å². The molecule has 0 saturated carbocycles. The highest BCUT2D eigenvalue weighted by Gasteiger charge is 2.19. The van der Waals surface area contributed by atoms with Crippen molar-refractivity contribution in [1.29, 1.82) is 0 Å². The average molecular weight is 473 g/mol. The monoisotopic (exact) mass is 472 g/mol. The molecule has 8 heteroatoms. The van der Waals surface area contributed by atoms with Gasteiger partial charge in [-0.25, -0.2) is 0 Å². The number of anilines is 1. The standard InChI is InChI=1S/C26H28N6OS/c33-25(28-23-13-7-12-22-21(23)11-8-14-27-22)19-34-26-30-29-24(18-31-15-5-2-6-16-31)32(26)17-20-9-3-1-4-10-20/h1,3-4,7-14H,2,5-6,15-19H2,(H,28,33). The van der Waals surface area contributed by atoms with Crippen LogP contribution in [0, 0.1) is 0 Å². The number of pyridine rings is 1. The Balaban J connectivity index is 1.30. The number of carbonyl (C=O) groups excluding carboxylic acids is 1. The van der Waals surface area contributed by atoms with Crippen LogP contribution in [-0.2, 0) is 17.9 Å². The first-order valence-electron chi connectivity index (χ1n) is 11.7. The number of fused-ring (bicyclic) bond motifs is 1. The number of hydrogen-bond acceptors (Lipinski definition) is 6. The summed E-state index contributed by atoms with van der Waals surface area (Å²) in [5.74, 6) is 1.13. The fourth-order valence-corrected chi connectivity index (χ4v) is 5.07. The molecule has 0 radical (unpaired) electrons. The van der Waals surface area contributed by atoms with Crippen molar-refractivity contribution in [2.45, 2.75) is 37.5 Å². The summed E-state index contributed by atoms with van der Waals surface area (Å²) in [5.41, 5.74) is 2.82. The lowest BCUT2D eigenvalue weighted by atomic mass is 10.1. The summed E-state index contributed by atoms with van der Waals surface area (Å²) in [7, 11) is 0. The maximum Gasteiger partial charge on any atom is 0.234 e. The van der Waals surface area contributed by atoms with E-state index >= 15 is 0 Å². The number of nitrogens with one attached hydrogen (secondary N) is 1. The minimum absolute atomic E-state index is 0.0757. The van der Waals surface area contributed by atoms with Gasteiger partial charge in [-0.15, -0.1) is 10.2 Å². The quantitative estimate of drug-likeness (QED) is 0.378. The second-order valence-corrected chi connectivity index (χ2v) is 9.46. The van der Waals surface area contributed by atoms with Crippen LogP contribution in [0.1, 0.15) is 30.7 Å². The van der Waals surface area contributed by atoms with Crippen molar-refractivity contribution in [3.05, 3.63) is 78.2 Å². The molecule has 0 atom stereocenters. The fourth-order valence-electron chi connectivity index (χ4n) is 4.31. The van der Waals surface area contributed by atoms with Crippen molar-refractivity contribution in [3.8, 4) is 0 Å². The zero-order chi connectivity index (χ0) is 23.2. The number of carbonyl (C=O) groups is 1. The van der Waals surface area contributed by atoms with Gasteiger partial charge < -0.3 is 9.88 Å². The Morgan fingerprint density at radius 3 is 2.62 bits per heavy atom. The van der Waals surface area contributed by atoms with Crippen LogP contribution < -0.4 is 5.32 Å². The molecular formula is C26H28N6OS. The lowest BCUT2D eigenvalue weighted by Gasteiger charge is -2.26. The summed E-state index contributed by atoms with van der Waals surface area (Å²) in [4.78, 5) is 19.6. The zero-order valence-electron chi connectivity index (χ0n) is 19.1. The third kappa shape index (κ3) is 5.46. The molecule has 2 aromatic carbocycles. The molecular weight excluding hydrogens is 444 g/mol. The first-order chi connectivity index (χ1) is 16.8. The largest absolute Gasteiger partial charge is 0.325 e. The van der Waals surface area contributed by atoms with Gasteiger partial charge in [0.25, 0.3) is 0 Å². The summed E-state index contributed by atoms with van der Waals surface area (Å²) >= 11 is 1.43. The number of thioether (sulfide) groups is 1. The van der Waals surface area contributed by atoms with E-state index in [1.165, 1.54) is 36.6 Å². The first-order valence-corrected chi connectivity index (χ1v) is 12.7. The van der Waals surface area contributed by atoms with Gasteiger partial charge in [-0.05, 0) is 55.8 Å². The molecule has 1 N–H and O–H groups in total. The fraction of sp³-hybridized carbons (Fsp3) is 0.308. The van der Waals surface area contributed by atoms with Crippen LogP contribution in [-0.4, -0.2) is 49.4 Å². The van der Waals surface area contributed by atoms with Crippen LogP contribution in [0.3, 0.4) is 0 Å². The van der Waals surface area contributed by atoms with Crippen molar-refractivity contribution < 1.29 is 4.79 Å². The number of piperidine rings is 1. The molecule has 0 bridgehead atoms. The maximum absolute atomic E-state index is 12.8. The third-order valence-corrected chi connectivity index (χ3v) is 7.01. The van der Waals surface area contributed by atoms with Crippen molar-refractivity contribution in [1.82, 2.24) is 24.6 Å². The Labute approximate surface area is 203 Å². The SMILES string of the molecule is O=C(CSc1nnc(CN2CCCCC2)n1Cc1ccccc1)Nc1cccc2ncccc12. The van der Waals surface area contributed by atoms with Crippen molar-refractivity contribution in [3.63, 3.8) is 0 Å². The highest BCUT2D eigenvalue weighted by Crippen LogP contribution is 2.24. The molecule has 0 unspecified atom stereocenters. The maximum atomic E-state index is 12.8. The van der Waals surface area contributed by atoms with Crippen LogP contribution in [0.5, 0.6) is 0 Å². The van der Waals surface area contributed by atoms with Crippen molar-refractivity contribution in [2.75, 3.05) is 24.2 Å². The van der Waals surface area contributed by atoms with Crippen LogP contribution in [0.4, 0.5) is 5.69 Å². The smallest absolute Gasteiger partial charge is 0.234 e. The molecule has 1 aliphatic rings. The highest BCUT2D eigenvalue weighted by molar-refractivity contribution is 7.99. The van der Waals surface area contributed by atoms with E-state index in [4.69, 9.17) is 0 Å². The molecule has 2 aromatic heterocycles. The molecule has 3 heterocycles. The minimum Gasteiger partial charge on any atom is -0.325 e. The minimum atomic E-state index is -0.0757. The number of likely N-dealkylation sites (tertiary alicyclic amines) is 1. The molecule has 174 valence electrons. The number of rotatable bonds is 8. The van der Waals surface area contributed by atoms with Gasteiger partial charge in [0.15, 0.2) is 5.16 Å². The Kier molecular flexibility index (Phi) is 7.16. The first kappa shape index (κ1) is 22.6. The second-order valence-electron chi connectivity index (χ2n) is 8.52. The average Bonchev–Trinajstić information content (AvgIpc) is 3.25. The number of aromatic nitrogens is 4. The van der Waals surface area contributed by atoms with Gasteiger partial charge in [-0.3, -0.25) is 14.7 Å². The van der Waals surface area contributed by atoms with Gasteiger partial charge in [0.05, 0.1) is 30.0 Å². The molecule has 5 rings (SSSR count). The van der Waals surface area contributed by atoms with E-state index in [1.54, 1.807) is 6.20 Å². The van der Waals surface area contributed by atoms with E-state index < -0.39 is 0 Å². The summed E-state index contributed by atoms with van der Waals surface area (Å²) in [6.07, 6.45) is 5.53. The van der Waals surface area contributed by atoms with Crippen molar-refractivity contribution in [2.24, 2.45) is 0 Å². The predicted octanol–water partition coefficient (Wildman–Crippen LogP) is 4.59. The highest BCUT2D eigenvalue weighted by atomic mass is 32.2. The Morgan fingerprint density at radius 2 is 1.76 bits per heavy atom. The van der Waals surface area contributed by atoms with Gasteiger partial charge >= 0.3 is 0 Å². The summed E-state index contributed by atoms with van der Waals surface area (Å²) in [6, 6.07) is 19.9. The second kappa shape index (κ2) is 10.8. The summed E-state index contributed by atoms with van der Waals surface area (Å²) < 4.78 is 2.16. The number of hydrogen-bond donors (Lipinski definition) is 1. The molecule has 0 aliphatic carbocycles. The molecule has 34 heavy (non-hydrogen) atoms. The van der Waals surface area contributed by atoms with Crippen LogP contribution in [0.2, 0.25) is 0 Å². The molecule has 0 spiro atoms. The molecule has 1 fully saturated rings. The third-order valence-electron chi connectivity index (χ3n) is 6.04. The molecule has 1 saturated heterocycles. The molecule has 7 nitrogen and oxygen atoms in total. The van der Waals surface area contributed by atoms with Gasteiger partial charge in [0.2, 0.25) is 5.91 Å². The predicted molar refractivity (Wildman–Crippen MR) is 136 cm³/mol. The molecule has 1 aliphatic heterocycles. The van der Waals surface area contributed by atoms with E-state index in [1.807, 2.05) is 48.5 Å². The van der Waals surface area contributed by atoms with Crippen molar-refractivity contribution >= 4 is 34.3 Å². The van der Waals surface area contributed by atoms with E-state index in [0.29, 0.717) is 6.54 Å². The van der Waals surface area contributed by atoms with Crippen LogP contribution in [0.25, 0.3) is 10.9 Å². The van der Waals surface area contributed by atoms with Gasteiger partial charge in [-0.2, -0.15) is 0 Å². The van der Waals surface area contributed by atoms with E-state index in [-0.39, 0.29) is 11.7 Å². The normalized spacial score (nSPS) is 14.4. The zero-order valence-corrected chi connectivity index (χ0v) is 19.9. The molecule has 1 amide bonds. The number of benzene rings is 2. The topological polar surface area (TPSA) is 75.9 Å². The summed E-state index contributed by atoms with van der Waals surface area (Å²) in [5, 5.41) is 13.7. The number of amides is 1. The Morgan fingerprint density at radius 1 is 0.912 bits per heavy atom. The number of nitrogens with zero attached hydrogens (tertiary/aromatic N) is 5. The van der Waals surface area contributed by atoms with Crippen LogP contribution in [0.15, 0.2) is 72.0 Å². The van der Waals surface area contributed by atoms with Gasteiger partial charge in [0, 0.05) is 11.6 Å². The Hall–Kier alpha value is -3.23. The molecule has 4 aromatic rings. The lowest BCUT2D eigenvalue weighted by molar-refractivity contribution is -0.113. The van der Waals surface area contributed by atoms with Gasteiger partial charge in [0.1, 0.15) is 5.82 Å². The van der Waals surface area contributed by atoms with E-state index in [9.17, 15) is 4.79 Å². The summed E-state index contributed by atoms with van der Waals surface area (Å²) in [6.45, 7) is 3.68. The lowest BCUT2D eigenvalue weighted by Crippen LogP contribution is -2.30. The van der Waals surface area contributed by atoms with E-state index in [2.05, 4.69) is 42.1 Å². The van der Waals surface area contributed by atoms with Gasteiger partial charge in [-0.1, -0.05) is 54.6 Å². The Bertz CT molecular complexity index is 1250. The van der Waals surface area contributed by atoms with E-state index in [0.717, 1.165) is 47.2 Å².